The lowest BCUT2D eigenvalue weighted by molar-refractivity contribution is -0.153. The predicted octanol–water partition coefficient (Wildman–Crippen LogP) is 2.57. The van der Waals surface area contributed by atoms with Crippen LogP contribution in [0.25, 0.3) is 11.1 Å². The molecule has 3 aromatic rings. The number of fused-ring (bicyclic) bond motifs is 1. The molecule has 1 heterocycles. The Kier molecular flexibility index (Phi) is 6.41. The van der Waals surface area contributed by atoms with Gasteiger partial charge in [0.1, 0.15) is 0 Å². The van der Waals surface area contributed by atoms with Gasteiger partial charge in [-0.1, -0.05) is 12.1 Å². The molecule has 0 radical (unpaired) electrons. The zero-order chi connectivity index (χ0) is 21.7. The average molecular weight is 414 g/mol. The van der Waals surface area contributed by atoms with Gasteiger partial charge in [0.15, 0.2) is 23.2 Å². The standard InChI is InChI=1S/C21H22N2O7/c1-13(20(25)22-14-8-9-17(27-2)18(12-14)28-3)29-19(24)10-11-23-15-6-4-5-7-16(15)30-21(23)26/h4-9,12-13H,10-11H2,1-3H3,(H,22,25)/t13-/m0/s1. The zero-order valence-corrected chi connectivity index (χ0v) is 16.8. The summed E-state index contributed by atoms with van der Waals surface area (Å²) in [5, 5.41) is 2.65. The summed E-state index contributed by atoms with van der Waals surface area (Å²) in [6, 6.07) is 11.8. The number of benzene rings is 2. The number of hydrogen-bond acceptors (Lipinski definition) is 7. The van der Waals surface area contributed by atoms with Gasteiger partial charge in [-0.3, -0.25) is 14.2 Å². The van der Waals surface area contributed by atoms with Crippen LogP contribution in [0, 0.1) is 0 Å². The molecule has 1 amide bonds. The van der Waals surface area contributed by atoms with Gasteiger partial charge < -0.3 is 23.9 Å². The van der Waals surface area contributed by atoms with E-state index in [1.165, 1.54) is 25.7 Å². The first-order valence-corrected chi connectivity index (χ1v) is 9.23. The van der Waals surface area contributed by atoms with Crippen molar-refractivity contribution in [3.05, 3.63) is 53.0 Å². The first-order chi connectivity index (χ1) is 14.4. The van der Waals surface area contributed by atoms with Crippen molar-refractivity contribution >= 4 is 28.7 Å². The molecular formula is C21H22N2O7. The summed E-state index contributed by atoms with van der Waals surface area (Å²) < 4.78 is 22.0. The minimum Gasteiger partial charge on any atom is -0.493 e. The van der Waals surface area contributed by atoms with E-state index < -0.39 is 23.7 Å². The van der Waals surface area contributed by atoms with Crippen LogP contribution in [-0.2, 0) is 20.9 Å². The average Bonchev–Trinajstić information content (AvgIpc) is 3.06. The number of oxazole rings is 1. The van der Waals surface area contributed by atoms with E-state index in [9.17, 15) is 14.4 Å². The van der Waals surface area contributed by atoms with Gasteiger partial charge in [-0.15, -0.1) is 0 Å². The monoisotopic (exact) mass is 414 g/mol. The molecule has 0 unspecified atom stereocenters. The largest absolute Gasteiger partial charge is 0.493 e. The summed E-state index contributed by atoms with van der Waals surface area (Å²) in [7, 11) is 3.00. The Bertz CT molecular complexity index is 1120. The molecule has 1 atom stereocenters. The van der Waals surface area contributed by atoms with E-state index in [1.54, 1.807) is 42.5 Å². The summed E-state index contributed by atoms with van der Waals surface area (Å²) in [6.45, 7) is 1.55. The molecule has 3 rings (SSSR count). The molecule has 9 nitrogen and oxygen atoms in total. The number of aromatic nitrogens is 1. The molecule has 0 fully saturated rings. The van der Waals surface area contributed by atoms with Crippen LogP contribution in [0.2, 0.25) is 0 Å². The smallest absolute Gasteiger partial charge is 0.419 e. The van der Waals surface area contributed by atoms with Gasteiger partial charge in [0, 0.05) is 18.3 Å². The third-order valence-electron chi connectivity index (χ3n) is 4.44. The molecule has 30 heavy (non-hydrogen) atoms. The van der Waals surface area contributed by atoms with E-state index in [-0.39, 0.29) is 13.0 Å². The second-order valence-corrected chi connectivity index (χ2v) is 6.43. The lowest BCUT2D eigenvalue weighted by atomic mass is 10.2. The number of ether oxygens (including phenoxy) is 3. The number of nitrogens with zero attached hydrogens (tertiary/aromatic N) is 1. The summed E-state index contributed by atoms with van der Waals surface area (Å²) in [4.78, 5) is 36.4. The third-order valence-corrected chi connectivity index (χ3v) is 4.44. The number of carbonyl (C=O) groups excluding carboxylic acids is 2. The number of carbonyl (C=O) groups is 2. The van der Waals surface area contributed by atoms with Gasteiger partial charge in [-0.05, 0) is 31.2 Å². The summed E-state index contributed by atoms with van der Waals surface area (Å²) >= 11 is 0. The summed E-state index contributed by atoms with van der Waals surface area (Å²) in [5.41, 5.74) is 1.50. The Hall–Kier alpha value is -3.75. The Labute approximate surface area is 172 Å². The highest BCUT2D eigenvalue weighted by molar-refractivity contribution is 5.95. The Morgan fingerprint density at radius 1 is 1.10 bits per heavy atom. The fraction of sp³-hybridized carbons (Fsp3) is 0.286. The molecule has 2 aromatic carbocycles. The van der Waals surface area contributed by atoms with Gasteiger partial charge in [-0.2, -0.15) is 0 Å². The van der Waals surface area contributed by atoms with Crippen molar-refractivity contribution < 1.29 is 28.2 Å². The van der Waals surface area contributed by atoms with Crippen molar-refractivity contribution in [3.63, 3.8) is 0 Å². The SMILES string of the molecule is COc1ccc(NC(=O)[C@H](C)OC(=O)CCn2c(=O)oc3ccccc32)cc1OC. The third kappa shape index (κ3) is 4.62. The van der Waals surface area contributed by atoms with Crippen LogP contribution in [0.15, 0.2) is 51.7 Å². The van der Waals surface area contributed by atoms with E-state index >= 15 is 0 Å². The second-order valence-electron chi connectivity index (χ2n) is 6.43. The fourth-order valence-electron chi connectivity index (χ4n) is 2.90. The Morgan fingerprint density at radius 3 is 2.57 bits per heavy atom. The number of amides is 1. The Balaban J connectivity index is 1.56. The van der Waals surface area contributed by atoms with Crippen LogP contribution in [0.5, 0.6) is 11.5 Å². The van der Waals surface area contributed by atoms with Crippen LogP contribution in [0.3, 0.4) is 0 Å². The summed E-state index contributed by atoms with van der Waals surface area (Å²) in [5.74, 6) is -0.679. The molecule has 0 saturated carbocycles. The second kappa shape index (κ2) is 9.17. The number of rotatable bonds is 8. The molecule has 1 aromatic heterocycles. The van der Waals surface area contributed by atoms with E-state index in [4.69, 9.17) is 18.6 Å². The Morgan fingerprint density at radius 2 is 1.83 bits per heavy atom. The molecule has 0 aliphatic rings. The zero-order valence-electron chi connectivity index (χ0n) is 16.8. The molecular weight excluding hydrogens is 392 g/mol. The van der Waals surface area contributed by atoms with Crippen LogP contribution in [-0.4, -0.2) is 36.8 Å². The van der Waals surface area contributed by atoms with Crippen LogP contribution < -0.4 is 20.5 Å². The minimum atomic E-state index is -1.02. The molecule has 158 valence electrons. The molecule has 0 aliphatic heterocycles. The van der Waals surface area contributed by atoms with Crippen molar-refractivity contribution in [2.45, 2.75) is 26.0 Å². The van der Waals surface area contributed by atoms with Gasteiger partial charge in [-0.25, -0.2) is 4.79 Å². The number of hydrogen-bond donors (Lipinski definition) is 1. The highest BCUT2D eigenvalue weighted by Gasteiger charge is 2.19. The number of methoxy groups -OCH3 is 2. The van der Waals surface area contributed by atoms with Crippen molar-refractivity contribution in [2.24, 2.45) is 0 Å². The van der Waals surface area contributed by atoms with Crippen LogP contribution in [0.1, 0.15) is 13.3 Å². The topological polar surface area (TPSA) is 109 Å². The first kappa shape index (κ1) is 21.0. The van der Waals surface area contributed by atoms with Gasteiger partial charge in [0.05, 0.1) is 26.2 Å². The van der Waals surface area contributed by atoms with Gasteiger partial charge in [0.25, 0.3) is 5.91 Å². The van der Waals surface area contributed by atoms with E-state index in [0.717, 1.165) is 0 Å². The summed E-state index contributed by atoms with van der Waals surface area (Å²) in [6.07, 6.45) is -1.11. The molecule has 9 heteroatoms. The molecule has 1 N–H and O–H groups in total. The van der Waals surface area contributed by atoms with Gasteiger partial charge >= 0.3 is 11.7 Å². The highest BCUT2D eigenvalue weighted by atomic mass is 16.5. The molecule has 0 bridgehead atoms. The van der Waals surface area contributed by atoms with Crippen LogP contribution in [0.4, 0.5) is 5.69 Å². The quantitative estimate of drug-likeness (QED) is 0.564. The maximum Gasteiger partial charge on any atom is 0.419 e. The van der Waals surface area contributed by atoms with Crippen molar-refractivity contribution in [2.75, 3.05) is 19.5 Å². The van der Waals surface area contributed by atoms with Crippen molar-refractivity contribution in [1.82, 2.24) is 4.57 Å². The lowest BCUT2D eigenvalue weighted by Gasteiger charge is -2.15. The number of para-hydroxylation sites is 2. The normalized spacial score (nSPS) is 11.7. The van der Waals surface area contributed by atoms with Crippen molar-refractivity contribution in [1.29, 1.82) is 0 Å². The number of nitrogens with one attached hydrogen (secondary N) is 1. The highest BCUT2D eigenvalue weighted by Crippen LogP contribution is 2.29. The van der Waals surface area contributed by atoms with E-state index in [1.807, 2.05) is 0 Å². The maximum atomic E-state index is 12.3. The van der Waals surface area contributed by atoms with E-state index in [2.05, 4.69) is 5.32 Å². The molecule has 0 saturated heterocycles. The van der Waals surface area contributed by atoms with E-state index in [0.29, 0.717) is 28.3 Å². The molecule has 0 spiro atoms. The first-order valence-electron chi connectivity index (χ1n) is 9.23. The maximum absolute atomic E-state index is 12.3. The predicted molar refractivity (Wildman–Crippen MR) is 109 cm³/mol. The number of aryl methyl sites for hydroxylation is 1. The number of anilines is 1. The van der Waals surface area contributed by atoms with Gasteiger partial charge in [0.2, 0.25) is 0 Å². The minimum absolute atomic E-state index is 0.0820. The number of esters is 1. The fourth-order valence-corrected chi connectivity index (χ4v) is 2.90. The van der Waals surface area contributed by atoms with Crippen molar-refractivity contribution in [3.8, 4) is 11.5 Å². The lowest BCUT2D eigenvalue weighted by Crippen LogP contribution is -2.30. The van der Waals surface area contributed by atoms with Crippen LogP contribution >= 0.6 is 0 Å². The molecule has 0 aliphatic carbocycles.